The Hall–Kier alpha value is -2.32. The molecule has 1 heterocycles. The lowest BCUT2D eigenvalue weighted by Crippen LogP contribution is -2.39. The molecule has 0 saturated carbocycles. The quantitative estimate of drug-likeness (QED) is 0.775. The van der Waals surface area contributed by atoms with Gasteiger partial charge in [0, 0.05) is 25.2 Å². The smallest absolute Gasteiger partial charge is 0.253 e. The molecule has 0 bridgehead atoms. The summed E-state index contributed by atoms with van der Waals surface area (Å²) in [5, 5.41) is 0. The van der Waals surface area contributed by atoms with Crippen molar-refractivity contribution in [2.24, 2.45) is 5.92 Å². The molecule has 2 aromatic rings. The molecule has 1 fully saturated rings. The van der Waals surface area contributed by atoms with Crippen LogP contribution in [-0.2, 0) is 10.0 Å². The number of hydrogen-bond donors (Lipinski definition) is 1. The molecule has 156 valence electrons. The summed E-state index contributed by atoms with van der Waals surface area (Å²) in [7, 11) is -4.11. The third kappa shape index (κ3) is 5.39. The van der Waals surface area contributed by atoms with E-state index in [0.29, 0.717) is 31.1 Å². The van der Waals surface area contributed by atoms with Gasteiger partial charge in [0.05, 0.1) is 0 Å². The fourth-order valence-corrected chi connectivity index (χ4v) is 4.60. The second kappa shape index (κ2) is 9.00. The summed E-state index contributed by atoms with van der Waals surface area (Å²) in [6.45, 7) is 3.33. The zero-order valence-corrected chi connectivity index (χ0v) is 17.0. The van der Waals surface area contributed by atoms with Crippen molar-refractivity contribution in [1.82, 2.24) is 9.62 Å². The summed E-state index contributed by atoms with van der Waals surface area (Å²) >= 11 is 0. The van der Waals surface area contributed by atoms with Gasteiger partial charge in [-0.3, -0.25) is 4.79 Å². The van der Waals surface area contributed by atoms with Crippen molar-refractivity contribution in [3.8, 4) is 0 Å². The van der Waals surface area contributed by atoms with Gasteiger partial charge in [0.2, 0.25) is 10.0 Å². The van der Waals surface area contributed by atoms with Crippen LogP contribution >= 0.6 is 0 Å². The Morgan fingerprint density at radius 1 is 1.10 bits per heavy atom. The summed E-state index contributed by atoms with van der Waals surface area (Å²) in [6.07, 6.45) is 2.12. The number of nitrogens with one attached hydrogen (secondary N) is 1. The molecule has 3 rings (SSSR count). The minimum Gasteiger partial charge on any atom is -0.339 e. The largest absolute Gasteiger partial charge is 0.339 e. The van der Waals surface area contributed by atoms with Gasteiger partial charge < -0.3 is 4.90 Å². The molecule has 0 radical (unpaired) electrons. The van der Waals surface area contributed by atoms with Gasteiger partial charge in [-0.05, 0) is 62.4 Å². The van der Waals surface area contributed by atoms with Crippen molar-refractivity contribution in [2.75, 3.05) is 19.6 Å². The summed E-state index contributed by atoms with van der Waals surface area (Å²) in [5.74, 6) is -1.53. The van der Waals surface area contributed by atoms with E-state index in [9.17, 15) is 22.0 Å². The molecule has 1 saturated heterocycles. The molecule has 1 aliphatic rings. The van der Waals surface area contributed by atoms with E-state index in [2.05, 4.69) is 4.72 Å². The number of piperidine rings is 1. The normalized spacial score (nSPS) is 15.5. The van der Waals surface area contributed by atoms with Gasteiger partial charge in [-0.25, -0.2) is 21.9 Å². The first-order valence-electron chi connectivity index (χ1n) is 9.57. The van der Waals surface area contributed by atoms with Gasteiger partial charge in [0.15, 0.2) is 0 Å². The first-order chi connectivity index (χ1) is 13.8. The van der Waals surface area contributed by atoms with Gasteiger partial charge in [-0.2, -0.15) is 0 Å². The lowest BCUT2D eigenvalue weighted by Gasteiger charge is -2.32. The topological polar surface area (TPSA) is 66.5 Å². The van der Waals surface area contributed by atoms with E-state index >= 15 is 0 Å². The van der Waals surface area contributed by atoms with Crippen molar-refractivity contribution < 1.29 is 22.0 Å². The fourth-order valence-electron chi connectivity index (χ4n) is 3.46. The molecule has 1 N–H and O–H groups in total. The van der Waals surface area contributed by atoms with Gasteiger partial charge in [-0.1, -0.05) is 17.7 Å². The van der Waals surface area contributed by atoms with Gasteiger partial charge in [-0.15, -0.1) is 0 Å². The number of hydrogen-bond acceptors (Lipinski definition) is 3. The Labute approximate surface area is 169 Å². The molecule has 2 aromatic carbocycles. The van der Waals surface area contributed by atoms with E-state index in [-0.39, 0.29) is 18.4 Å². The van der Waals surface area contributed by atoms with Crippen LogP contribution in [0.25, 0.3) is 0 Å². The minimum atomic E-state index is -4.11. The molecule has 1 aliphatic heterocycles. The highest BCUT2D eigenvalue weighted by molar-refractivity contribution is 7.89. The zero-order valence-electron chi connectivity index (χ0n) is 16.2. The summed E-state index contributed by atoms with van der Waals surface area (Å²) in [6, 6.07) is 9.81. The van der Waals surface area contributed by atoms with E-state index in [0.717, 1.165) is 30.5 Å². The Morgan fingerprint density at radius 3 is 2.41 bits per heavy atom. The van der Waals surface area contributed by atoms with Crippen molar-refractivity contribution >= 4 is 15.9 Å². The van der Waals surface area contributed by atoms with E-state index in [4.69, 9.17) is 0 Å². The second-order valence-corrected chi connectivity index (χ2v) is 9.10. The SMILES string of the molecule is Cc1ccc(C(=O)N2CCC(CCNS(=O)(=O)c3cc(F)ccc3F)CC2)cc1. The van der Waals surface area contributed by atoms with Gasteiger partial charge in [0.1, 0.15) is 16.5 Å². The van der Waals surface area contributed by atoms with E-state index in [1.807, 2.05) is 36.1 Å². The molecule has 8 heteroatoms. The molecule has 0 aromatic heterocycles. The van der Waals surface area contributed by atoms with Crippen LogP contribution in [0.1, 0.15) is 35.2 Å². The fraction of sp³-hybridized carbons (Fsp3) is 0.381. The highest BCUT2D eigenvalue weighted by Gasteiger charge is 2.25. The highest BCUT2D eigenvalue weighted by atomic mass is 32.2. The number of sulfonamides is 1. The lowest BCUT2D eigenvalue weighted by molar-refractivity contribution is 0.0687. The average molecular weight is 422 g/mol. The molecule has 0 aliphatic carbocycles. The second-order valence-electron chi connectivity index (χ2n) is 7.36. The van der Waals surface area contributed by atoms with Crippen LogP contribution in [0.4, 0.5) is 8.78 Å². The highest BCUT2D eigenvalue weighted by Crippen LogP contribution is 2.22. The maximum absolute atomic E-state index is 13.7. The van der Waals surface area contributed by atoms with Crippen molar-refractivity contribution in [3.63, 3.8) is 0 Å². The maximum atomic E-state index is 13.7. The van der Waals surface area contributed by atoms with E-state index < -0.39 is 26.6 Å². The van der Waals surface area contributed by atoms with Crippen LogP contribution in [0.3, 0.4) is 0 Å². The van der Waals surface area contributed by atoms with Gasteiger partial charge in [0.25, 0.3) is 5.91 Å². The van der Waals surface area contributed by atoms with Crippen molar-refractivity contribution in [3.05, 3.63) is 65.2 Å². The lowest BCUT2D eigenvalue weighted by atomic mass is 9.93. The number of carbonyl (C=O) groups is 1. The number of rotatable bonds is 6. The van der Waals surface area contributed by atoms with Crippen LogP contribution < -0.4 is 4.72 Å². The van der Waals surface area contributed by atoms with Crippen LogP contribution in [-0.4, -0.2) is 38.9 Å². The van der Waals surface area contributed by atoms with Crippen LogP contribution in [0.15, 0.2) is 47.4 Å². The minimum absolute atomic E-state index is 0.00531. The number of carbonyl (C=O) groups excluding carboxylic acids is 1. The molecule has 1 amide bonds. The molecule has 0 spiro atoms. The zero-order chi connectivity index (χ0) is 21.0. The van der Waals surface area contributed by atoms with Crippen LogP contribution in [0, 0.1) is 24.5 Å². The number of halogens is 2. The monoisotopic (exact) mass is 422 g/mol. The number of aryl methyl sites for hydroxylation is 1. The summed E-state index contributed by atoms with van der Waals surface area (Å²) in [4.78, 5) is 13.7. The van der Waals surface area contributed by atoms with Crippen molar-refractivity contribution in [2.45, 2.75) is 31.1 Å². The molecule has 0 atom stereocenters. The molecular weight excluding hydrogens is 398 g/mol. The first kappa shape index (κ1) is 21.4. The van der Waals surface area contributed by atoms with Crippen LogP contribution in [0.2, 0.25) is 0 Å². The number of amides is 1. The molecule has 0 unspecified atom stereocenters. The Bertz CT molecular complexity index is 970. The van der Waals surface area contributed by atoms with E-state index in [1.54, 1.807) is 0 Å². The summed E-state index contributed by atoms with van der Waals surface area (Å²) in [5.41, 5.74) is 1.76. The predicted octanol–water partition coefficient (Wildman–Crippen LogP) is 3.49. The number of nitrogens with zero attached hydrogens (tertiary/aromatic N) is 1. The first-order valence-corrected chi connectivity index (χ1v) is 11.1. The Balaban J connectivity index is 1.48. The predicted molar refractivity (Wildman–Crippen MR) is 106 cm³/mol. The van der Waals surface area contributed by atoms with Crippen LogP contribution in [0.5, 0.6) is 0 Å². The standard InChI is InChI=1S/C21H24F2N2O3S/c1-15-2-4-17(5-3-15)21(26)25-12-9-16(10-13-25)8-11-24-29(27,28)20-14-18(22)6-7-19(20)23/h2-7,14,16,24H,8-13H2,1H3. The third-order valence-electron chi connectivity index (χ3n) is 5.23. The third-order valence-corrected chi connectivity index (χ3v) is 6.70. The maximum Gasteiger partial charge on any atom is 0.253 e. The number of likely N-dealkylation sites (tertiary alicyclic amines) is 1. The molecular formula is C21H24F2N2O3S. The Morgan fingerprint density at radius 2 is 1.76 bits per heavy atom. The van der Waals surface area contributed by atoms with E-state index in [1.165, 1.54) is 0 Å². The summed E-state index contributed by atoms with van der Waals surface area (Å²) < 4.78 is 53.7. The van der Waals surface area contributed by atoms with Crippen molar-refractivity contribution in [1.29, 1.82) is 0 Å². The molecule has 29 heavy (non-hydrogen) atoms. The average Bonchev–Trinajstić information content (AvgIpc) is 2.70. The molecule has 5 nitrogen and oxygen atoms in total. The number of benzene rings is 2. The van der Waals surface area contributed by atoms with Gasteiger partial charge >= 0.3 is 0 Å². The Kier molecular flexibility index (Phi) is 6.64.